The number of hydrogen-bond acceptors (Lipinski definition) is 12. The number of nitriles is 1. The second-order valence-electron chi connectivity index (χ2n) is 11.4. The van der Waals surface area contributed by atoms with Crippen molar-refractivity contribution < 1.29 is 9.13 Å². The Balaban J connectivity index is 1.16. The molecule has 1 aliphatic carbocycles. The third kappa shape index (κ3) is 4.11. The van der Waals surface area contributed by atoms with Gasteiger partial charge in [-0.05, 0) is 49.3 Å². The van der Waals surface area contributed by atoms with Crippen LogP contribution in [0.2, 0.25) is 0 Å². The van der Waals surface area contributed by atoms with Crippen LogP contribution in [0.15, 0.2) is 11.6 Å². The molecule has 7 rings (SSSR count). The lowest BCUT2D eigenvalue weighted by atomic mass is 9.74. The molecule has 3 aromatic heterocycles. The molecule has 39 heavy (non-hydrogen) atoms. The maximum absolute atomic E-state index is 14.3. The normalized spacial score (nSPS) is 24.9. The molecule has 6 heterocycles. The van der Waals surface area contributed by atoms with Gasteiger partial charge in [0.05, 0.1) is 11.1 Å². The van der Waals surface area contributed by atoms with E-state index in [-0.39, 0.29) is 17.0 Å². The largest absolute Gasteiger partial charge is 0.461 e. The van der Waals surface area contributed by atoms with Gasteiger partial charge in [0, 0.05) is 67.1 Å². The first-order chi connectivity index (χ1) is 18.9. The predicted octanol–water partition coefficient (Wildman–Crippen LogP) is 3.14. The van der Waals surface area contributed by atoms with Crippen LogP contribution in [-0.4, -0.2) is 75.8 Å². The van der Waals surface area contributed by atoms with Crippen molar-refractivity contribution in [2.45, 2.75) is 55.8 Å². The van der Waals surface area contributed by atoms with Crippen LogP contribution in [-0.2, 0) is 18.4 Å². The summed E-state index contributed by atoms with van der Waals surface area (Å²) in [5.41, 5.74) is 8.62. The van der Waals surface area contributed by atoms with Crippen LogP contribution in [0.5, 0.6) is 6.01 Å². The molecule has 3 aliphatic heterocycles. The average molecular weight is 568 g/mol. The number of aromatic nitrogens is 4. The number of nitrogens with two attached hydrogens (primary N) is 1. The van der Waals surface area contributed by atoms with E-state index < -0.39 is 6.17 Å². The number of halogens is 1. The number of rotatable bonds is 7. The zero-order chi connectivity index (χ0) is 26.8. The molecule has 204 valence electrons. The van der Waals surface area contributed by atoms with Crippen molar-refractivity contribution in [2.75, 3.05) is 55.4 Å². The Morgan fingerprint density at radius 2 is 2.18 bits per heavy atom. The van der Waals surface area contributed by atoms with E-state index in [1.165, 1.54) is 16.4 Å². The molecule has 0 radical (unpaired) electrons. The smallest absolute Gasteiger partial charge is 0.323 e. The molecule has 3 saturated heterocycles. The number of nitrogen functional groups attached to an aromatic ring is 1. The summed E-state index contributed by atoms with van der Waals surface area (Å²) in [6.45, 7) is 3.78. The Morgan fingerprint density at radius 1 is 1.31 bits per heavy atom. The lowest BCUT2D eigenvalue weighted by Gasteiger charge is -2.48. The Labute approximate surface area is 234 Å². The summed E-state index contributed by atoms with van der Waals surface area (Å²) in [6, 6.07) is 2.60. The lowest BCUT2D eigenvalue weighted by Crippen LogP contribution is -2.59. The second-order valence-corrected chi connectivity index (χ2v) is 13.2. The first-order valence-electron chi connectivity index (χ1n) is 13.3. The van der Waals surface area contributed by atoms with Crippen LogP contribution in [0, 0.1) is 11.3 Å². The Morgan fingerprint density at radius 3 is 2.97 bits per heavy atom. The molecule has 0 amide bonds. The molecule has 2 N–H and O–H groups in total. The topological polar surface area (TPSA) is 120 Å². The van der Waals surface area contributed by atoms with E-state index in [4.69, 9.17) is 20.4 Å². The van der Waals surface area contributed by atoms with Crippen LogP contribution in [0.1, 0.15) is 47.3 Å². The van der Waals surface area contributed by atoms with Crippen molar-refractivity contribution in [3.8, 4) is 12.1 Å². The zero-order valence-corrected chi connectivity index (χ0v) is 23.4. The van der Waals surface area contributed by atoms with Crippen LogP contribution < -0.4 is 20.3 Å². The molecule has 10 nitrogen and oxygen atoms in total. The Hall–Kier alpha value is -3.08. The second kappa shape index (κ2) is 9.25. The van der Waals surface area contributed by atoms with Crippen molar-refractivity contribution in [1.29, 1.82) is 5.26 Å². The molecule has 0 bridgehead atoms. The summed E-state index contributed by atoms with van der Waals surface area (Å²) in [6.07, 6.45) is 5.43. The molecular formula is C26H30FN9OS2. The summed E-state index contributed by atoms with van der Waals surface area (Å²) >= 11 is 2.96. The number of hydrogen-bond donors (Lipinski definition) is 1. The summed E-state index contributed by atoms with van der Waals surface area (Å²) < 4.78 is 24.8. The standard InChI is InChI=1S/C26H30FN9OS2/c1-34(10-16-9-30-38-12-16)22-31-23(33-24(32-22)37-15-26-4-2-6-36(26)11-17(27)7-26)35-13-25(14-35)5-3-19-20(25)18(8-28)21(29)39-19/h9,12,17H,2-7,10-11,13-15,29H2,1H3/t17-,26+/m1/s1. The van der Waals surface area contributed by atoms with Gasteiger partial charge < -0.3 is 20.3 Å². The molecule has 0 saturated carbocycles. The fourth-order valence-electron chi connectivity index (χ4n) is 6.97. The van der Waals surface area contributed by atoms with E-state index in [1.807, 2.05) is 23.5 Å². The molecular weight excluding hydrogens is 537 g/mol. The fraction of sp³-hybridized carbons (Fsp3) is 0.577. The summed E-state index contributed by atoms with van der Waals surface area (Å²) in [5.74, 6) is 1.07. The van der Waals surface area contributed by atoms with E-state index in [0.29, 0.717) is 61.7 Å². The minimum Gasteiger partial charge on any atom is -0.461 e. The number of anilines is 3. The van der Waals surface area contributed by atoms with E-state index in [1.54, 1.807) is 11.3 Å². The molecule has 2 atom stereocenters. The Kier molecular flexibility index (Phi) is 5.91. The molecule has 1 spiro atoms. The highest BCUT2D eigenvalue weighted by molar-refractivity contribution is 7.16. The quantitative estimate of drug-likeness (QED) is 0.456. The van der Waals surface area contributed by atoms with E-state index in [0.717, 1.165) is 43.4 Å². The van der Waals surface area contributed by atoms with Gasteiger partial charge in [-0.1, -0.05) is 0 Å². The summed E-state index contributed by atoms with van der Waals surface area (Å²) in [5, 5.41) is 12.4. The maximum Gasteiger partial charge on any atom is 0.323 e. The van der Waals surface area contributed by atoms with Crippen LogP contribution >= 0.6 is 22.9 Å². The SMILES string of the molecule is CN(Cc1cnsc1)c1nc(OC[C@@]23CCCN2C[C@H](F)C3)nc(N2CC3(CCc4sc(N)c(C#N)c43)C2)n1. The summed E-state index contributed by atoms with van der Waals surface area (Å²) in [7, 11) is 1.94. The Bertz CT molecular complexity index is 1430. The van der Waals surface area contributed by atoms with Crippen molar-refractivity contribution in [3.63, 3.8) is 0 Å². The van der Waals surface area contributed by atoms with E-state index in [2.05, 4.69) is 25.2 Å². The minimum absolute atomic E-state index is 0.0973. The van der Waals surface area contributed by atoms with Gasteiger partial charge in [-0.15, -0.1) is 11.3 Å². The van der Waals surface area contributed by atoms with Crippen LogP contribution in [0.4, 0.5) is 21.3 Å². The molecule has 3 fully saturated rings. The van der Waals surface area contributed by atoms with Gasteiger partial charge in [0.25, 0.3) is 0 Å². The number of fused-ring (bicyclic) bond motifs is 3. The summed E-state index contributed by atoms with van der Waals surface area (Å²) in [4.78, 5) is 21.8. The van der Waals surface area contributed by atoms with Crippen molar-refractivity contribution >= 4 is 39.8 Å². The van der Waals surface area contributed by atoms with Gasteiger partial charge in [-0.25, -0.2) is 8.76 Å². The predicted molar refractivity (Wildman–Crippen MR) is 148 cm³/mol. The molecule has 0 aromatic carbocycles. The third-order valence-corrected chi connectivity index (χ3v) is 10.5. The minimum atomic E-state index is -0.818. The highest BCUT2D eigenvalue weighted by Crippen LogP contribution is 2.52. The molecule has 3 aromatic rings. The van der Waals surface area contributed by atoms with E-state index in [9.17, 15) is 9.65 Å². The number of ether oxygens (including phenoxy) is 1. The van der Waals surface area contributed by atoms with Gasteiger partial charge in [-0.2, -0.15) is 20.2 Å². The number of alkyl halides is 1. The zero-order valence-electron chi connectivity index (χ0n) is 21.8. The number of nitrogens with zero attached hydrogens (tertiary/aromatic N) is 8. The van der Waals surface area contributed by atoms with Gasteiger partial charge in [0.1, 0.15) is 23.8 Å². The first kappa shape index (κ1) is 24.9. The number of aryl methyl sites for hydroxylation is 1. The highest BCUT2D eigenvalue weighted by atomic mass is 32.1. The van der Waals surface area contributed by atoms with Crippen molar-refractivity contribution in [1.82, 2.24) is 24.2 Å². The van der Waals surface area contributed by atoms with Gasteiger partial charge in [-0.3, -0.25) is 4.90 Å². The van der Waals surface area contributed by atoms with Crippen molar-refractivity contribution in [3.05, 3.63) is 33.1 Å². The monoisotopic (exact) mass is 567 g/mol. The molecule has 4 aliphatic rings. The lowest BCUT2D eigenvalue weighted by molar-refractivity contribution is 0.107. The third-order valence-electron chi connectivity index (χ3n) is 8.82. The van der Waals surface area contributed by atoms with Crippen LogP contribution in [0.3, 0.4) is 0 Å². The maximum atomic E-state index is 14.3. The fourth-order valence-corrected chi connectivity index (χ4v) is 8.64. The first-order valence-corrected chi connectivity index (χ1v) is 15.0. The number of thiophene rings is 1. The van der Waals surface area contributed by atoms with Crippen LogP contribution in [0.25, 0.3) is 0 Å². The van der Waals surface area contributed by atoms with Gasteiger partial charge >= 0.3 is 6.01 Å². The highest BCUT2D eigenvalue weighted by Gasteiger charge is 2.52. The van der Waals surface area contributed by atoms with Crippen molar-refractivity contribution in [2.24, 2.45) is 0 Å². The van der Waals surface area contributed by atoms with Gasteiger partial charge in [0.15, 0.2) is 0 Å². The average Bonchev–Trinajstić information content (AvgIpc) is 3.69. The van der Waals surface area contributed by atoms with E-state index >= 15 is 0 Å². The van der Waals surface area contributed by atoms with Gasteiger partial charge in [0.2, 0.25) is 11.9 Å². The molecule has 13 heteroatoms. The molecule has 0 unspecified atom stereocenters.